The zero-order valence-electron chi connectivity index (χ0n) is 86.5. The lowest BCUT2D eigenvalue weighted by molar-refractivity contribution is -0.129. The monoisotopic (exact) mass is 1990 g/mol. The molecule has 7 aromatic carbocycles. The van der Waals surface area contributed by atoms with Gasteiger partial charge in [-0.2, -0.15) is 0 Å². The molecule has 0 saturated carbocycles. The van der Waals surface area contributed by atoms with E-state index in [4.69, 9.17) is 33.2 Å². The highest BCUT2D eigenvalue weighted by Crippen LogP contribution is 2.57. The molecule has 7 N–H and O–H groups in total. The molecule has 14 aromatic rings. The summed E-state index contributed by atoms with van der Waals surface area (Å²) >= 11 is 0. The predicted octanol–water partition coefficient (Wildman–Crippen LogP) is 17.4. The summed E-state index contributed by atoms with van der Waals surface area (Å²) in [4.78, 5) is 30.0. The van der Waals surface area contributed by atoms with E-state index in [1.807, 2.05) is 87.7 Å². The molecule has 21 atom stereocenters. The Kier molecular flexibility index (Phi) is 26.6. The molecule has 0 aliphatic carbocycles. The fraction of sp³-hybridized carbons (Fsp3) is 0.471. The molecule has 28 nitrogen and oxygen atoms in total. The number of aliphatic hydroxyl groups is 7. The molecular weight excluding hydrogens is 1850 g/mol. The molecule has 14 aliphatic heterocycles. The van der Waals surface area contributed by atoms with Gasteiger partial charge in [0.1, 0.15) is 0 Å². The number of hydrogen-bond acceptors (Lipinski definition) is 21. The van der Waals surface area contributed by atoms with Crippen molar-refractivity contribution >= 4 is 0 Å². The van der Waals surface area contributed by atoms with Gasteiger partial charge < -0.3 is 101 Å². The van der Waals surface area contributed by atoms with Crippen molar-refractivity contribution in [1.29, 1.82) is 0 Å². The first-order chi connectivity index (χ1) is 70.7. The van der Waals surface area contributed by atoms with E-state index in [0.29, 0.717) is 92.5 Å². The molecule has 7 saturated heterocycles. The van der Waals surface area contributed by atoms with Crippen LogP contribution in [0.3, 0.4) is 0 Å². The highest BCUT2D eigenvalue weighted by atomic mass is 16.5. The average Bonchev–Trinajstić information content (AvgIpc) is 1.61. The van der Waals surface area contributed by atoms with Gasteiger partial charge in [0.05, 0.1) is 305 Å². The molecule has 28 heteroatoms. The van der Waals surface area contributed by atoms with Crippen LogP contribution in [0.2, 0.25) is 0 Å². The first kappa shape index (κ1) is 100. The van der Waals surface area contributed by atoms with Crippen molar-refractivity contribution in [3.8, 4) is 78.8 Å². The maximum Gasteiger partial charge on any atom is 0.0956 e. The van der Waals surface area contributed by atoms with E-state index in [1.54, 1.807) is 0 Å². The van der Waals surface area contributed by atoms with Gasteiger partial charge in [-0.15, -0.1) is 0 Å². The lowest BCUT2D eigenvalue weighted by Gasteiger charge is -2.43. The molecule has 21 heterocycles. The van der Waals surface area contributed by atoms with Gasteiger partial charge in [0.2, 0.25) is 0 Å². The SMILES string of the molecule is CC1(C)COC[C@@H]([C@@H]2c3ccccc3-c3cncn32)[C@@H]1O.CC1(C)COC[C@@H]([C@@H]2c3ccccc3-c3cncn32)[C@H]1O.CC1(C)COC[C@@H]([C@H]2c3ccccc3-c3cncn32)[C@@H]1O.CC1(C)COC[C@@H]([C@H]2c3ccccc3-c3cncn32)[C@H]1O.CC1(C)COC[C@H]([C@@H]2c3ccccc3-c3cncn32)[C@H]1O.CC1(C)COC[C@H]([C@H]2c3ccccc3-c3cncn32)[C@@H]1O.CC1(C)COC[C@H]([C@H]2c3ccccc3-c3cncn32)[C@H]1O. The largest absolute Gasteiger partial charge is 0.392 e. The van der Waals surface area contributed by atoms with Crippen LogP contribution in [0.4, 0.5) is 0 Å². The summed E-state index contributed by atoms with van der Waals surface area (Å²) < 4.78 is 55.8. The Balaban J connectivity index is 0.0000000974. The van der Waals surface area contributed by atoms with Gasteiger partial charge in [0.15, 0.2) is 0 Å². The summed E-state index contributed by atoms with van der Waals surface area (Å²) in [5.74, 6) is 0.326. The quantitative estimate of drug-likeness (QED) is 0.0779. The molecule has 0 unspecified atom stereocenters. The van der Waals surface area contributed by atoms with E-state index >= 15 is 0 Å². The van der Waals surface area contributed by atoms with Crippen molar-refractivity contribution in [1.82, 2.24) is 66.9 Å². The second-order valence-corrected chi connectivity index (χ2v) is 47.8. The van der Waals surface area contributed by atoms with Gasteiger partial charge >= 0.3 is 0 Å². The molecule has 0 spiro atoms. The molecular formula is C119H140N14O14. The number of aromatic nitrogens is 14. The summed E-state index contributed by atoms with van der Waals surface area (Å²) in [6.07, 6.45) is 23.7. The van der Waals surface area contributed by atoms with Crippen molar-refractivity contribution in [2.45, 2.75) is 182 Å². The molecule has 7 aromatic heterocycles. The number of hydrogen-bond donors (Lipinski definition) is 7. The van der Waals surface area contributed by atoms with Crippen LogP contribution < -0.4 is 0 Å². The Morgan fingerprint density at radius 2 is 0.306 bits per heavy atom. The molecule has 770 valence electrons. The Labute approximate surface area is 859 Å². The first-order valence-electron chi connectivity index (χ1n) is 52.2. The summed E-state index contributed by atoms with van der Waals surface area (Å²) in [5.41, 5.74) is 23.7. The smallest absolute Gasteiger partial charge is 0.0956 e. The Hall–Kier alpha value is -11.6. The van der Waals surface area contributed by atoms with Crippen LogP contribution in [0, 0.1) is 79.3 Å². The van der Waals surface area contributed by atoms with Crippen molar-refractivity contribution in [3.63, 3.8) is 0 Å². The van der Waals surface area contributed by atoms with Gasteiger partial charge in [0.25, 0.3) is 0 Å². The summed E-state index contributed by atoms with van der Waals surface area (Å²) in [6, 6.07) is 59.5. The molecule has 7 fully saturated rings. The molecule has 14 aliphatic rings. The minimum atomic E-state index is -0.391. The Morgan fingerprint density at radius 1 is 0.190 bits per heavy atom. The molecule has 0 amide bonds. The average molecular weight is 1990 g/mol. The summed E-state index contributed by atoms with van der Waals surface area (Å²) in [6.45, 7) is 37.3. The van der Waals surface area contributed by atoms with E-state index in [1.165, 1.54) is 77.9 Å². The minimum absolute atomic E-state index is 0.0466. The van der Waals surface area contributed by atoms with Crippen LogP contribution in [0.5, 0.6) is 0 Å². The fourth-order valence-electron chi connectivity index (χ4n) is 26.5. The van der Waals surface area contributed by atoms with E-state index in [9.17, 15) is 35.7 Å². The van der Waals surface area contributed by atoms with Gasteiger partial charge in [-0.05, 0) is 38.9 Å². The normalized spacial score (nSPS) is 30.0. The molecule has 147 heavy (non-hydrogen) atoms. The number of nitrogens with zero attached hydrogens (tertiary/aromatic N) is 14. The van der Waals surface area contributed by atoms with Crippen molar-refractivity contribution < 1.29 is 68.9 Å². The summed E-state index contributed by atoms with van der Waals surface area (Å²) in [7, 11) is 0. The van der Waals surface area contributed by atoms with Gasteiger partial charge in [-0.1, -0.05) is 267 Å². The number of ether oxygens (including phenoxy) is 7. The first-order valence-corrected chi connectivity index (χ1v) is 52.2. The highest BCUT2D eigenvalue weighted by molar-refractivity contribution is 5.75. The number of fused-ring (bicyclic) bond motifs is 21. The van der Waals surface area contributed by atoms with Crippen LogP contribution >= 0.6 is 0 Å². The number of imidazole rings is 7. The van der Waals surface area contributed by atoms with E-state index in [-0.39, 0.29) is 122 Å². The number of rotatable bonds is 7. The third-order valence-corrected chi connectivity index (χ3v) is 34.4. The van der Waals surface area contributed by atoms with Crippen molar-refractivity contribution in [3.05, 3.63) is 296 Å². The van der Waals surface area contributed by atoms with E-state index in [2.05, 4.69) is 334 Å². The second kappa shape index (κ2) is 39.1. The third kappa shape index (κ3) is 17.6. The van der Waals surface area contributed by atoms with Crippen molar-refractivity contribution in [2.75, 3.05) is 92.5 Å². The third-order valence-electron chi connectivity index (χ3n) is 34.4. The summed E-state index contributed by atoms with van der Waals surface area (Å²) in [5, 5.41) is 75.8. The minimum Gasteiger partial charge on any atom is -0.392 e. The topological polar surface area (TPSA) is 331 Å². The maximum absolute atomic E-state index is 10.8. The zero-order valence-corrected chi connectivity index (χ0v) is 86.5. The second-order valence-electron chi connectivity index (χ2n) is 47.8. The number of benzene rings is 7. The lowest BCUT2D eigenvalue weighted by Crippen LogP contribution is -2.49. The van der Waals surface area contributed by atoms with Crippen LogP contribution in [-0.2, 0) is 33.2 Å². The Morgan fingerprint density at radius 3 is 0.429 bits per heavy atom. The standard InChI is InChI=1S/7C17H20N2O2/c7*1-17(2)9-21-8-13(16(17)20)15-12-6-4-3-5-11(12)14-7-18-10-19(14)15/h7*3-7,10,13,15-16,20H,8-9H2,1-2H3/t13-,15+,16+;2*13-,15+,16-;2*13-,15-,16+;2*13-,15-,16-/m0101010/s1. The maximum atomic E-state index is 10.8. The van der Waals surface area contributed by atoms with Crippen LogP contribution in [0.1, 0.15) is 178 Å². The van der Waals surface area contributed by atoms with Crippen LogP contribution in [0.25, 0.3) is 78.8 Å². The fourth-order valence-corrected chi connectivity index (χ4v) is 26.5. The molecule has 0 radical (unpaired) electrons. The van der Waals surface area contributed by atoms with Crippen LogP contribution in [-0.4, -0.2) is 238 Å². The zero-order chi connectivity index (χ0) is 102. The highest BCUT2D eigenvalue weighted by Gasteiger charge is 2.55. The number of aliphatic hydroxyl groups excluding tert-OH is 7. The van der Waals surface area contributed by atoms with Gasteiger partial charge in [0, 0.05) is 118 Å². The van der Waals surface area contributed by atoms with Gasteiger partial charge in [-0.3, -0.25) is 0 Å². The van der Waals surface area contributed by atoms with Gasteiger partial charge in [-0.25, -0.2) is 34.9 Å². The molecule has 0 bridgehead atoms. The van der Waals surface area contributed by atoms with E-state index < -0.39 is 42.7 Å². The lowest BCUT2D eigenvalue weighted by atomic mass is 9.74. The Bertz CT molecular complexity index is 5900. The predicted molar refractivity (Wildman–Crippen MR) is 559 cm³/mol. The van der Waals surface area contributed by atoms with Crippen molar-refractivity contribution in [2.24, 2.45) is 79.3 Å². The van der Waals surface area contributed by atoms with E-state index in [0.717, 1.165) is 39.9 Å². The van der Waals surface area contributed by atoms with Crippen LogP contribution in [0.15, 0.2) is 258 Å². The molecule has 28 rings (SSSR count).